The lowest BCUT2D eigenvalue weighted by Crippen LogP contribution is -2.10. The van der Waals surface area contributed by atoms with Crippen LogP contribution in [0.25, 0.3) is 0 Å². The fourth-order valence-corrected chi connectivity index (χ4v) is 1.85. The molecule has 0 N–H and O–H groups in total. The maximum atomic E-state index is 10.3. The van der Waals surface area contributed by atoms with Crippen LogP contribution in [0.15, 0.2) is 0 Å². The summed E-state index contributed by atoms with van der Waals surface area (Å²) in [5.74, 6) is 0. The van der Waals surface area contributed by atoms with Crippen LogP contribution in [0.4, 0.5) is 4.79 Å². The second-order valence-corrected chi connectivity index (χ2v) is 3.75. The van der Waals surface area contributed by atoms with Crippen molar-refractivity contribution >= 4 is 23.4 Å². The van der Waals surface area contributed by atoms with Crippen molar-refractivity contribution in [3.8, 4) is 0 Å². The molecule has 1 saturated heterocycles. The minimum Gasteiger partial charge on any atom is -0.430 e. The molecule has 0 aliphatic carbocycles. The molecule has 0 aromatic carbocycles. The number of rotatable bonds is 2. The van der Waals surface area contributed by atoms with E-state index in [-0.39, 0.29) is 6.10 Å². The van der Waals surface area contributed by atoms with Gasteiger partial charge in [0.1, 0.15) is 12.7 Å². The molecule has 0 amide bonds. The van der Waals surface area contributed by atoms with Crippen molar-refractivity contribution in [2.45, 2.75) is 6.10 Å². The second-order valence-electron chi connectivity index (χ2n) is 1.71. The lowest BCUT2D eigenvalue weighted by atomic mass is 10.4. The molecule has 0 aromatic heterocycles. The van der Waals surface area contributed by atoms with E-state index >= 15 is 0 Å². The Morgan fingerprint density at radius 1 is 1.89 bits per heavy atom. The van der Waals surface area contributed by atoms with Gasteiger partial charge in [0.2, 0.25) is 0 Å². The minimum absolute atomic E-state index is 0.00772. The summed E-state index contributed by atoms with van der Waals surface area (Å²) in [4.78, 5) is 10.3. The van der Waals surface area contributed by atoms with E-state index in [9.17, 15) is 4.79 Å². The normalized spacial score (nSPS) is 26.8. The molecule has 3 unspecified atom stereocenters. The van der Waals surface area contributed by atoms with Gasteiger partial charge >= 0.3 is 6.16 Å². The maximum absolute atomic E-state index is 10.3. The summed E-state index contributed by atoms with van der Waals surface area (Å²) in [6.45, 7) is 0.431. The van der Waals surface area contributed by atoms with Crippen LogP contribution in [-0.2, 0) is 9.47 Å². The molecule has 52 valence electrons. The highest BCUT2D eigenvalue weighted by molar-refractivity contribution is 8.02. The minimum atomic E-state index is -0.525. The standard InChI is InChI=1S/C4H8O3P2/c5-4-6-1-3(7-4)2-9-8/h3,9H,1-2,8H2. The van der Waals surface area contributed by atoms with E-state index in [2.05, 4.69) is 13.7 Å². The van der Waals surface area contributed by atoms with Crippen LogP contribution in [0.1, 0.15) is 0 Å². The van der Waals surface area contributed by atoms with E-state index in [0.29, 0.717) is 6.61 Å². The smallest absolute Gasteiger partial charge is 0.430 e. The van der Waals surface area contributed by atoms with Crippen LogP contribution >= 0.6 is 17.2 Å². The first-order chi connectivity index (χ1) is 4.33. The van der Waals surface area contributed by atoms with Gasteiger partial charge in [-0.3, -0.25) is 0 Å². The van der Waals surface area contributed by atoms with Crippen LogP contribution < -0.4 is 0 Å². The van der Waals surface area contributed by atoms with Crippen LogP contribution in [0.5, 0.6) is 0 Å². The van der Waals surface area contributed by atoms with Gasteiger partial charge in [-0.15, -0.1) is 8.93 Å². The molecule has 0 bridgehead atoms. The molecule has 3 nitrogen and oxygen atoms in total. The molecule has 0 radical (unpaired) electrons. The Bertz CT molecular complexity index is 116. The molecular weight excluding hydrogens is 158 g/mol. The van der Waals surface area contributed by atoms with Gasteiger partial charge in [-0.05, 0) is 0 Å². The molecule has 5 heteroatoms. The SMILES string of the molecule is O=C1OCC(CPP)O1. The predicted octanol–water partition coefficient (Wildman–Crippen LogP) is 0.990. The van der Waals surface area contributed by atoms with Crippen LogP contribution in [0.3, 0.4) is 0 Å². The van der Waals surface area contributed by atoms with Crippen LogP contribution in [-0.4, -0.2) is 25.0 Å². The highest BCUT2D eigenvalue weighted by Crippen LogP contribution is 2.23. The van der Waals surface area contributed by atoms with Crippen molar-refractivity contribution in [1.29, 1.82) is 0 Å². The molecule has 1 rings (SSSR count). The Kier molecular flexibility index (Phi) is 2.68. The zero-order valence-electron chi connectivity index (χ0n) is 4.79. The summed E-state index contributed by atoms with van der Waals surface area (Å²) in [5.41, 5.74) is 0. The summed E-state index contributed by atoms with van der Waals surface area (Å²) in [6, 6.07) is 0. The molecule has 3 atom stereocenters. The Balaban J connectivity index is 2.22. The molecule has 1 aliphatic rings. The van der Waals surface area contributed by atoms with Crippen molar-refractivity contribution in [3.63, 3.8) is 0 Å². The summed E-state index contributed by atoms with van der Waals surface area (Å²) in [7, 11) is 3.34. The summed E-state index contributed by atoms with van der Waals surface area (Å²) in [6.07, 6.45) is 0.382. The quantitative estimate of drug-likeness (QED) is 0.453. The number of hydrogen-bond acceptors (Lipinski definition) is 3. The summed E-state index contributed by atoms with van der Waals surface area (Å²) >= 11 is 0. The predicted molar refractivity (Wildman–Crippen MR) is 39.1 cm³/mol. The van der Waals surface area contributed by atoms with Crippen molar-refractivity contribution in [2.75, 3.05) is 12.8 Å². The van der Waals surface area contributed by atoms with Gasteiger partial charge in [-0.25, -0.2) is 4.79 Å². The Labute approximate surface area is 57.4 Å². The van der Waals surface area contributed by atoms with Gasteiger partial charge in [-0.2, -0.15) is 0 Å². The van der Waals surface area contributed by atoms with Gasteiger partial charge < -0.3 is 9.47 Å². The Hall–Kier alpha value is 0.130. The summed E-state index contributed by atoms with van der Waals surface area (Å²) < 4.78 is 9.29. The molecule has 0 spiro atoms. The van der Waals surface area contributed by atoms with Crippen molar-refractivity contribution < 1.29 is 14.3 Å². The first kappa shape index (κ1) is 7.24. The van der Waals surface area contributed by atoms with E-state index < -0.39 is 6.16 Å². The number of ether oxygens (including phenoxy) is 2. The van der Waals surface area contributed by atoms with Crippen molar-refractivity contribution in [1.82, 2.24) is 0 Å². The Morgan fingerprint density at radius 2 is 2.67 bits per heavy atom. The fraction of sp³-hybridized carbons (Fsp3) is 0.750. The third-order valence-electron chi connectivity index (χ3n) is 0.995. The van der Waals surface area contributed by atoms with E-state index in [1.165, 1.54) is 0 Å². The highest BCUT2D eigenvalue weighted by Gasteiger charge is 2.23. The molecule has 0 aromatic rings. The third-order valence-corrected chi connectivity index (χ3v) is 2.39. The first-order valence-electron chi connectivity index (χ1n) is 2.60. The lowest BCUT2D eigenvalue weighted by Gasteiger charge is -2.00. The molecule has 1 heterocycles. The van der Waals surface area contributed by atoms with E-state index in [1.54, 1.807) is 0 Å². The van der Waals surface area contributed by atoms with Gasteiger partial charge in [-0.1, -0.05) is 8.27 Å². The molecule has 9 heavy (non-hydrogen) atoms. The number of carbonyl (C=O) groups is 1. The van der Waals surface area contributed by atoms with Gasteiger partial charge in [0.05, 0.1) is 0 Å². The van der Waals surface area contributed by atoms with E-state index in [4.69, 9.17) is 4.74 Å². The maximum Gasteiger partial charge on any atom is 0.508 e. The largest absolute Gasteiger partial charge is 0.508 e. The number of cyclic esters (lactones) is 2. The van der Waals surface area contributed by atoms with Crippen molar-refractivity contribution in [3.05, 3.63) is 0 Å². The third kappa shape index (κ3) is 2.08. The second kappa shape index (κ2) is 3.34. The zero-order valence-corrected chi connectivity index (χ0v) is 6.95. The van der Waals surface area contributed by atoms with E-state index in [1.807, 2.05) is 0 Å². The van der Waals surface area contributed by atoms with Crippen LogP contribution in [0.2, 0.25) is 0 Å². The zero-order chi connectivity index (χ0) is 6.69. The van der Waals surface area contributed by atoms with E-state index in [0.717, 1.165) is 14.4 Å². The number of carbonyl (C=O) groups excluding carboxylic acids is 1. The van der Waals surface area contributed by atoms with Gasteiger partial charge in [0, 0.05) is 6.16 Å². The number of hydrogen-bond donors (Lipinski definition) is 0. The van der Waals surface area contributed by atoms with Gasteiger partial charge in [0.25, 0.3) is 0 Å². The summed E-state index contributed by atoms with van der Waals surface area (Å²) in [5, 5.41) is 0. The molecular formula is C4H8O3P2. The van der Waals surface area contributed by atoms with Crippen LogP contribution in [0, 0.1) is 0 Å². The first-order valence-corrected chi connectivity index (χ1v) is 5.61. The van der Waals surface area contributed by atoms with Gasteiger partial charge in [0.15, 0.2) is 0 Å². The lowest BCUT2D eigenvalue weighted by molar-refractivity contribution is 0.122. The average Bonchev–Trinajstić information content (AvgIpc) is 2.17. The monoisotopic (exact) mass is 166 g/mol. The molecule has 1 aliphatic heterocycles. The topological polar surface area (TPSA) is 35.5 Å². The molecule has 1 fully saturated rings. The molecule has 0 saturated carbocycles. The highest BCUT2D eigenvalue weighted by atomic mass is 32.0. The fourth-order valence-electron chi connectivity index (χ4n) is 0.597. The Morgan fingerprint density at radius 3 is 3.11 bits per heavy atom. The average molecular weight is 166 g/mol. The van der Waals surface area contributed by atoms with Crippen molar-refractivity contribution in [2.24, 2.45) is 0 Å².